The Morgan fingerprint density at radius 1 is 1.56 bits per heavy atom. The van der Waals surface area contributed by atoms with Gasteiger partial charge in [-0.3, -0.25) is 9.58 Å². The van der Waals surface area contributed by atoms with Crippen molar-refractivity contribution < 1.29 is 9.53 Å². The minimum Gasteiger partial charge on any atom is -0.447 e. The van der Waals surface area contributed by atoms with Crippen molar-refractivity contribution in [1.82, 2.24) is 20.0 Å². The molecule has 0 aromatic carbocycles. The number of nitrogens with zero attached hydrogens (tertiary/aromatic N) is 3. The molecule has 6 nitrogen and oxygen atoms in total. The van der Waals surface area contributed by atoms with Gasteiger partial charge in [0.15, 0.2) is 0 Å². The van der Waals surface area contributed by atoms with Crippen LogP contribution in [-0.2, 0) is 17.8 Å². The van der Waals surface area contributed by atoms with Gasteiger partial charge in [-0.1, -0.05) is 0 Å². The molecule has 1 spiro atoms. The Morgan fingerprint density at radius 3 is 3.19 bits per heavy atom. The van der Waals surface area contributed by atoms with Gasteiger partial charge in [0.05, 0.1) is 12.2 Å². The predicted molar refractivity (Wildman–Crippen MR) is 55.8 cm³/mol. The Balaban J connectivity index is 1.95. The van der Waals surface area contributed by atoms with Crippen LogP contribution in [-0.4, -0.2) is 46.5 Å². The summed E-state index contributed by atoms with van der Waals surface area (Å²) in [6.07, 6.45) is 1.46. The van der Waals surface area contributed by atoms with Crippen LogP contribution in [0.3, 0.4) is 0 Å². The number of amides is 1. The van der Waals surface area contributed by atoms with E-state index in [2.05, 4.69) is 15.3 Å². The van der Waals surface area contributed by atoms with Gasteiger partial charge in [-0.15, -0.1) is 0 Å². The topological polar surface area (TPSA) is 59.4 Å². The third kappa shape index (κ3) is 1.46. The number of ether oxygens (including phenoxy) is 1. The van der Waals surface area contributed by atoms with Gasteiger partial charge in [0, 0.05) is 19.3 Å². The van der Waals surface area contributed by atoms with Crippen LogP contribution < -0.4 is 5.32 Å². The number of likely N-dealkylation sites (N-methyl/N-ethyl adjacent to an activating group) is 1. The molecule has 1 unspecified atom stereocenters. The molecule has 16 heavy (non-hydrogen) atoms. The van der Waals surface area contributed by atoms with E-state index in [0.717, 1.165) is 13.1 Å². The van der Waals surface area contributed by atoms with Crippen molar-refractivity contribution in [3.8, 4) is 0 Å². The monoisotopic (exact) mass is 222 g/mol. The van der Waals surface area contributed by atoms with E-state index in [9.17, 15) is 4.79 Å². The average Bonchev–Trinajstić information content (AvgIpc) is 2.73. The Hall–Kier alpha value is -1.56. The molecule has 2 aliphatic heterocycles. The second kappa shape index (κ2) is 3.21. The van der Waals surface area contributed by atoms with Gasteiger partial charge in [0.1, 0.15) is 12.1 Å². The fourth-order valence-electron chi connectivity index (χ4n) is 2.49. The van der Waals surface area contributed by atoms with Crippen molar-refractivity contribution in [2.24, 2.45) is 0 Å². The molecule has 6 heteroatoms. The molecule has 1 amide bonds. The minimum absolute atomic E-state index is 0.330. The van der Waals surface area contributed by atoms with Gasteiger partial charge in [-0.05, 0) is 13.1 Å². The maximum absolute atomic E-state index is 11.2. The standard InChI is InChI=1S/C10H14N4O2/c1-13-4-8-2-3-11-14(8)6-10(5-13)7-16-9(15)12-10/h2-3H,4-7H2,1H3,(H,12,15). The number of carbonyl (C=O) groups excluding carboxylic acids is 1. The highest BCUT2D eigenvalue weighted by Crippen LogP contribution is 2.22. The number of fused-ring (bicyclic) bond motifs is 1. The maximum Gasteiger partial charge on any atom is 0.407 e. The van der Waals surface area contributed by atoms with E-state index in [-0.39, 0.29) is 11.6 Å². The zero-order valence-corrected chi connectivity index (χ0v) is 9.14. The van der Waals surface area contributed by atoms with Gasteiger partial charge in [0.25, 0.3) is 0 Å². The molecule has 0 bridgehead atoms. The Morgan fingerprint density at radius 2 is 2.44 bits per heavy atom. The quantitative estimate of drug-likeness (QED) is 0.661. The Kier molecular flexibility index (Phi) is 1.94. The molecule has 3 heterocycles. The normalized spacial score (nSPS) is 29.7. The molecule has 1 aromatic rings. The fraction of sp³-hybridized carbons (Fsp3) is 0.600. The van der Waals surface area contributed by atoms with Crippen LogP contribution in [0, 0.1) is 0 Å². The van der Waals surface area contributed by atoms with Gasteiger partial charge in [0.2, 0.25) is 0 Å². The van der Waals surface area contributed by atoms with Crippen LogP contribution in [0.1, 0.15) is 5.69 Å². The fourth-order valence-corrected chi connectivity index (χ4v) is 2.49. The average molecular weight is 222 g/mol. The minimum atomic E-state index is -0.330. The van der Waals surface area contributed by atoms with Gasteiger partial charge in [-0.2, -0.15) is 5.10 Å². The van der Waals surface area contributed by atoms with E-state index in [1.165, 1.54) is 5.69 Å². The maximum atomic E-state index is 11.2. The summed E-state index contributed by atoms with van der Waals surface area (Å²) in [6, 6.07) is 2.01. The number of nitrogens with one attached hydrogen (secondary N) is 1. The molecule has 2 aliphatic rings. The first-order valence-corrected chi connectivity index (χ1v) is 5.31. The molecule has 0 aliphatic carbocycles. The number of cyclic esters (lactones) is 1. The zero-order chi connectivity index (χ0) is 11.2. The SMILES string of the molecule is CN1Cc2ccnn2CC2(COC(=O)N2)C1. The van der Waals surface area contributed by atoms with Crippen LogP contribution >= 0.6 is 0 Å². The molecule has 1 atom stereocenters. The summed E-state index contributed by atoms with van der Waals surface area (Å²) in [5.41, 5.74) is 0.837. The number of alkyl carbamates (subject to hydrolysis) is 1. The number of hydrogen-bond acceptors (Lipinski definition) is 4. The molecular weight excluding hydrogens is 208 g/mol. The molecule has 1 N–H and O–H groups in total. The van der Waals surface area contributed by atoms with Gasteiger partial charge >= 0.3 is 6.09 Å². The molecule has 1 saturated heterocycles. The summed E-state index contributed by atoms with van der Waals surface area (Å²) in [5.74, 6) is 0. The summed E-state index contributed by atoms with van der Waals surface area (Å²) in [7, 11) is 2.04. The lowest BCUT2D eigenvalue weighted by Crippen LogP contribution is -2.53. The summed E-state index contributed by atoms with van der Waals surface area (Å²) >= 11 is 0. The van der Waals surface area contributed by atoms with Gasteiger partial charge in [-0.25, -0.2) is 4.79 Å². The molecule has 0 saturated carbocycles. The number of carbonyl (C=O) groups is 1. The number of hydrogen-bond donors (Lipinski definition) is 1. The van der Waals surface area contributed by atoms with Crippen molar-refractivity contribution in [2.45, 2.75) is 18.6 Å². The van der Waals surface area contributed by atoms with Crippen molar-refractivity contribution in [1.29, 1.82) is 0 Å². The van der Waals surface area contributed by atoms with Crippen LogP contribution in [0.4, 0.5) is 4.79 Å². The van der Waals surface area contributed by atoms with E-state index in [1.54, 1.807) is 6.20 Å². The highest BCUT2D eigenvalue weighted by Gasteiger charge is 2.42. The second-order valence-corrected chi connectivity index (χ2v) is 4.63. The summed E-state index contributed by atoms with van der Waals surface area (Å²) in [5, 5.41) is 7.19. The highest BCUT2D eigenvalue weighted by atomic mass is 16.6. The van der Waals surface area contributed by atoms with Crippen LogP contribution in [0.2, 0.25) is 0 Å². The summed E-state index contributed by atoms with van der Waals surface area (Å²) < 4.78 is 6.97. The van der Waals surface area contributed by atoms with Crippen LogP contribution in [0.15, 0.2) is 12.3 Å². The molecule has 1 fully saturated rings. The van der Waals surface area contributed by atoms with E-state index in [4.69, 9.17) is 4.74 Å². The van der Waals surface area contributed by atoms with E-state index < -0.39 is 0 Å². The molecule has 86 valence electrons. The Bertz CT molecular complexity index is 430. The van der Waals surface area contributed by atoms with E-state index in [0.29, 0.717) is 13.2 Å². The lowest BCUT2D eigenvalue weighted by atomic mass is 10.0. The number of aromatic nitrogens is 2. The van der Waals surface area contributed by atoms with E-state index >= 15 is 0 Å². The lowest BCUT2D eigenvalue weighted by molar-refractivity contribution is 0.159. The van der Waals surface area contributed by atoms with Crippen molar-refractivity contribution in [2.75, 3.05) is 20.2 Å². The van der Waals surface area contributed by atoms with Crippen molar-refractivity contribution in [3.05, 3.63) is 18.0 Å². The highest BCUT2D eigenvalue weighted by molar-refractivity contribution is 5.70. The largest absolute Gasteiger partial charge is 0.447 e. The third-order valence-corrected chi connectivity index (χ3v) is 3.11. The van der Waals surface area contributed by atoms with Gasteiger partial charge < -0.3 is 10.1 Å². The van der Waals surface area contributed by atoms with Crippen LogP contribution in [0.25, 0.3) is 0 Å². The summed E-state index contributed by atoms with van der Waals surface area (Å²) in [4.78, 5) is 13.4. The molecular formula is C10H14N4O2. The second-order valence-electron chi connectivity index (χ2n) is 4.63. The smallest absolute Gasteiger partial charge is 0.407 e. The van der Waals surface area contributed by atoms with Crippen molar-refractivity contribution in [3.63, 3.8) is 0 Å². The van der Waals surface area contributed by atoms with E-state index in [1.807, 2.05) is 17.8 Å². The van der Waals surface area contributed by atoms with Crippen LogP contribution in [0.5, 0.6) is 0 Å². The van der Waals surface area contributed by atoms with Crippen molar-refractivity contribution >= 4 is 6.09 Å². The molecule has 0 radical (unpaired) electrons. The lowest BCUT2D eigenvalue weighted by Gasteiger charge is -2.27. The first-order chi connectivity index (χ1) is 7.67. The first kappa shape index (κ1) is 9.65. The Labute approximate surface area is 93.2 Å². The summed E-state index contributed by atoms with van der Waals surface area (Å²) in [6.45, 7) is 2.71. The predicted octanol–water partition coefficient (Wildman–Crippen LogP) is -0.193. The molecule has 3 rings (SSSR count). The zero-order valence-electron chi connectivity index (χ0n) is 9.14. The molecule has 1 aromatic heterocycles. The number of rotatable bonds is 0. The first-order valence-electron chi connectivity index (χ1n) is 5.31. The third-order valence-electron chi connectivity index (χ3n) is 3.11.